The van der Waals surface area contributed by atoms with Gasteiger partial charge in [-0.15, -0.1) is 0 Å². The van der Waals surface area contributed by atoms with Crippen molar-refractivity contribution >= 4 is 24.2 Å². The summed E-state index contributed by atoms with van der Waals surface area (Å²) in [5.41, 5.74) is 4.70. The summed E-state index contributed by atoms with van der Waals surface area (Å²) >= 11 is 0. The summed E-state index contributed by atoms with van der Waals surface area (Å²) in [5.74, 6) is 0. The number of aromatic nitrogens is 1. The van der Waals surface area contributed by atoms with Crippen LogP contribution in [0.15, 0.2) is 48.7 Å². The number of nitriles is 2. The zero-order valence-electron chi connectivity index (χ0n) is 11.7. The van der Waals surface area contributed by atoms with Gasteiger partial charge in [0.25, 0.3) is 0 Å². The van der Waals surface area contributed by atoms with E-state index in [2.05, 4.69) is 22.9 Å². The fourth-order valence-corrected chi connectivity index (χ4v) is 2.61. The molecule has 0 atom stereocenters. The molecule has 0 unspecified atom stereocenters. The van der Waals surface area contributed by atoms with Crippen molar-refractivity contribution in [3.63, 3.8) is 0 Å². The summed E-state index contributed by atoms with van der Waals surface area (Å²) in [7, 11) is 2.05. The summed E-state index contributed by atoms with van der Waals surface area (Å²) in [4.78, 5) is 0. The Kier molecular flexibility index (Phi) is 3.22. The fourth-order valence-electron chi connectivity index (χ4n) is 2.61. The average Bonchev–Trinajstić information content (AvgIpc) is 2.83. The van der Waals surface area contributed by atoms with E-state index >= 15 is 0 Å². The highest BCUT2D eigenvalue weighted by atomic mass is 15.0. The second-order valence-electron chi connectivity index (χ2n) is 5.10. The number of hydrogen-bond donors (Lipinski definition) is 0. The van der Waals surface area contributed by atoms with Crippen LogP contribution in [0.1, 0.15) is 16.7 Å². The molecule has 0 amide bonds. The van der Waals surface area contributed by atoms with Crippen LogP contribution in [-0.2, 0) is 6.54 Å². The van der Waals surface area contributed by atoms with Gasteiger partial charge in [-0.1, -0.05) is 17.6 Å². The summed E-state index contributed by atoms with van der Waals surface area (Å²) in [5, 5.41) is 19.1. The Labute approximate surface area is 124 Å². The van der Waals surface area contributed by atoms with Gasteiger partial charge >= 0.3 is 0 Å². The van der Waals surface area contributed by atoms with Gasteiger partial charge in [-0.3, -0.25) is 0 Å². The Morgan fingerprint density at radius 3 is 2.52 bits per heavy atom. The van der Waals surface area contributed by atoms with E-state index in [0.717, 1.165) is 21.9 Å². The zero-order chi connectivity index (χ0) is 14.8. The predicted molar refractivity (Wildman–Crippen MR) is 85.1 cm³/mol. The van der Waals surface area contributed by atoms with E-state index in [0.29, 0.717) is 17.7 Å². The molecule has 0 aliphatic rings. The third-order valence-corrected chi connectivity index (χ3v) is 3.62. The Hall–Kier alpha value is -2.98. The third kappa shape index (κ3) is 2.40. The van der Waals surface area contributed by atoms with Crippen LogP contribution in [0.3, 0.4) is 0 Å². The Bertz CT molecular complexity index is 910. The molecule has 21 heavy (non-hydrogen) atoms. The lowest BCUT2D eigenvalue weighted by atomic mass is 9.95. The largest absolute Gasteiger partial charge is 0.344 e. The summed E-state index contributed by atoms with van der Waals surface area (Å²) in [6.07, 6.45) is 2.09. The summed E-state index contributed by atoms with van der Waals surface area (Å²) in [6.45, 7) is 0.714. The third-order valence-electron chi connectivity index (χ3n) is 3.62. The van der Waals surface area contributed by atoms with Crippen LogP contribution in [0.5, 0.6) is 0 Å². The Morgan fingerprint density at radius 2 is 1.76 bits per heavy atom. The van der Waals surface area contributed by atoms with Gasteiger partial charge in [0.2, 0.25) is 0 Å². The van der Waals surface area contributed by atoms with Crippen LogP contribution in [-0.4, -0.2) is 12.4 Å². The van der Waals surface area contributed by atoms with E-state index in [1.54, 1.807) is 0 Å². The minimum atomic E-state index is 0.674. The molecule has 3 aromatic rings. The first kappa shape index (κ1) is 13.0. The van der Waals surface area contributed by atoms with Crippen molar-refractivity contribution in [2.75, 3.05) is 0 Å². The van der Waals surface area contributed by atoms with Gasteiger partial charge in [-0.05, 0) is 47.5 Å². The molecule has 0 fully saturated rings. The molecule has 98 valence electrons. The molecule has 0 aliphatic heterocycles. The van der Waals surface area contributed by atoms with Gasteiger partial charge in [0.1, 0.15) is 7.85 Å². The van der Waals surface area contributed by atoms with Gasteiger partial charge in [0, 0.05) is 12.1 Å². The van der Waals surface area contributed by atoms with Crippen LogP contribution in [0.2, 0.25) is 0 Å². The van der Waals surface area contributed by atoms with Crippen LogP contribution < -0.4 is 5.46 Å². The number of benzene rings is 2. The lowest BCUT2D eigenvalue weighted by Crippen LogP contribution is -2.01. The van der Waals surface area contributed by atoms with E-state index in [1.165, 1.54) is 0 Å². The molecule has 0 radical (unpaired) electrons. The van der Waals surface area contributed by atoms with Gasteiger partial charge in [-0.25, -0.2) is 0 Å². The number of fused-ring (bicyclic) bond motifs is 1. The minimum Gasteiger partial charge on any atom is -0.344 e. The van der Waals surface area contributed by atoms with Crippen molar-refractivity contribution in [1.29, 1.82) is 10.5 Å². The highest BCUT2D eigenvalue weighted by molar-refractivity contribution is 6.38. The number of hydrogen-bond acceptors (Lipinski definition) is 2. The molecule has 0 spiro atoms. The maximum absolute atomic E-state index is 9.00. The van der Waals surface area contributed by atoms with Gasteiger partial charge in [0.15, 0.2) is 0 Å². The molecule has 1 aromatic heterocycles. The Morgan fingerprint density at radius 1 is 1.00 bits per heavy atom. The molecule has 0 bridgehead atoms. The maximum Gasteiger partial charge on any atom is 0.142 e. The molecule has 0 N–H and O–H groups in total. The van der Waals surface area contributed by atoms with Crippen molar-refractivity contribution in [3.8, 4) is 12.1 Å². The molecular formula is C17H12BN3. The second-order valence-corrected chi connectivity index (χ2v) is 5.10. The van der Waals surface area contributed by atoms with E-state index in [1.807, 2.05) is 50.3 Å². The van der Waals surface area contributed by atoms with E-state index in [4.69, 9.17) is 10.5 Å². The molecular weight excluding hydrogens is 257 g/mol. The standard InChI is InChI=1S/C17H12BN3/c18-16-11-21(10-14-3-1-2-12(6-14)8-19)17-5-4-13(9-20)7-15(16)17/h1-7,11H,10,18H2. The van der Waals surface area contributed by atoms with Crippen LogP contribution in [0.25, 0.3) is 10.9 Å². The molecule has 3 rings (SSSR count). The first-order valence-electron chi connectivity index (χ1n) is 6.70. The van der Waals surface area contributed by atoms with Crippen molar-refractivity contribution < 1.29 is 0 Å². The monoisotopic (exact) mass is 269 g/mol. The lowest BCUT2D eigenvalue weighted by Gasteiger charge is -2.06. The highest BCUT2D eigenvalue weighted by Gasteiger charge is 2.07. The van der Waals surface area contributed by atoms with E-state index < -0.39 is 0 Å². The van der Waals surface area contributed by atoms with Crippen molar-refractivity contribution in [3.05, 3.63) is 65.4 Å². The van der Waals surface area contributed by atoms with Gasteiger partial charge < -0.3 is 4.57 Å². The normalized spacial score (nSPS) is 10.2. The molecule has 2 aromatic carbocycles. The first-order chi connectivity index (χ1) is 10.2. The minimum absolute atomic E-state index is 0.674. The maximum atomic E-state index is 9.00. The van der Waals surface area contributed by atoms with Gasteiger partial charge in [-0.2, -0.15) is 10.5 Å². The first-order valence-corrected chi connectivity index (χ1v) is 6.70. The molecule has 0 saturated heterocycles. The number of nitrogens with zero attached hydrogens (tertiary/aromatic N) is 3. The smallest absolute Gasteiger partial charge is 0.142 e. The lowest BCUT2D eigenvalue weighted by molar-refractivity contribution is 0.838. The average molecular weight is 269 g/mol. The van der Waals surface area contributed by atoms with E-state index in [9.17, 15) is 0 Å². The van der Waals surface area contributed by atoms with E-state index in [-0.39, 0.29) is 0 Å². The topological polar surface area (TPSA) is 52.5 Å². The molecule has 4 heteroatoms. The number of rotatable bonds is 2. The predicted octanol–water partition coefficient (Wildman–Crippen LogP) is 1.69. The van der Waals surface area contributed by atoms with Gasteiger partial charge in [0.05, 0.1) is 23.3 Å². The molecule has 0 saturated carbocycles. The van der Waals surface area contributed by atoms with Crippen LogP contribution >= 0.6 is 0 Å². The molecule has 0 aliphatic carbocycles. The Balaban J connectivity index is 2.05. The summed E-state index contributed by atoms with van der Waals surface area (Å²) in [6, 6.07) is 17.7. The van der Waals surface area contributed by atoms with Crippen molar-refractivity contribution in [1.82, 2.24) is 4.57 Å². The van der Waals surface area contributed by atoms with Crippen molar-refractivity contribution in [2.45, 2.75) is 6.54 Å². The molecule has 1 heterocycles. The highest BCUT2D eigenvalue weighted by Crippen LogP contribution is 2.17. The van der Waals surface area contributed by atoms with Crippen molar-refractivity contribution in [2.24, 2.45) is 0 Å². The quantitative estimate of drug-likeness (QED) is 0.665. The SMILES string of the molecule is Bc1cn(Cc2cccc(C#N)c2)c2ccc(C#N)cc12. The van der Waals surface area contributed by atoms with Crippen LogP contribution in [0.4, 0.5) is 0 Å². The van der Waals surface area contributed by atoms with Crippen LogP contribution in [0, 0.1) is 22.7 Å². The summed E-state index contributed by atoms with van der Waals surface area (Å²) < 4.78 is 2.16. The zero-order valence-corrected chi connectivity index (χ0v) is 11.7. The second kappa shape index (κ2) is 5.19. The fraction of sp³-hybridized carbons (Fsp3) is 0.0588. The molecule has 3 nitrogen and oxygen atoms in total.